The van der Waals surface area contributed by atoms with E-state index in [2.05, 4.69) is 130 Å². The van der Waals surface area contributed by atoms with Crippen LogP contribution in [0.4, 0.5) is 0 Å². The number of nitrogens with zero attached hydrogens (tertiary/aromatic N) is 2. The molecule has 0 unspecified atom stereocenters. The first-order valence-corrected chi connectivity index (χ1v) is 21.0. The second kappa shape index (κ2) is 15.3. The summed E-state index contributed by atoms with van der Waals surface area (Å²) in [5.41, 5.74) is 13.1. The first-order chi connectivity index (χ1) is 26.9. The van der Waals surface area contributed by atoms with Crippen molar-refractivity contribution in [2.45, 2.75) is 107 Å². The monoisotopic (exact) mass is 968 g/mol. The van der Waals surface area contributed by atoms with Crippen LogP contribution in [0.25, 0.3) is 77.1 Å². The summed E-state index contributed by atoms with van der Waals surface area (Å²) in [4.78, 5) is 11.7. The Bertz CT molecular complexity index is 2810. The number of fused-ring (bicyclic) bond motifs is 3. The van der Waals surface area contributed by atoms with Gasteiger partial charge in [0.15, 0.2) is 5.58 Å². The second-order valence-corrected chi connectivity index (χ2v) is 19.7. The molecule has 4 aromatic carbocycles. The van der Waals surface area contributed by atoms with Gasteiger partial charge in [0.05, 0.1) is 11.1 Å². The largest absolute Gasteiger partial charge is 0.507 e. The van der Waals surface area contributed by atoms with Crippen LogP contribution in [0.1, 0.15) is 114 Å². The molecule has 302 valence electrons. The molecular formula is C51H53N2O3PtS-. The third-order valence-electron chi connectivity index (χ3n) is 11.2. The van der Waals surface area contributed by atoms with Crippen molar-refractivity contribution in [2.75, 3.05) is 0 Å². The average Bonchev–Trinajstić information content (AvgIpc) is 3.84. The van der Waals surface area contributed by atoms with Gasteiger partial charge in [-0.25, -0.2) is 4.98 Å². The number of hydrogen-bond donors (Lipinski definition) is 1. The number of rotatable bonds is 7. The van der Waals surface area contributed by atoms with E-state index in [0.717, 1.165) is 51.1 Å². The third-order valence-corrected chi connectivity index (χ3v) is 12.3. The number of furan rings is 1. The maximum atomic E-state index is 11.5. The summed E-state index contributed by atoms with van der Waals surface area (Å²) in [6.07, 6.45) is 2.92. The molecule has 0 saturated heterocycles. The molecule has 0 spiro atoms. The first-order valence-electron chi connectivity index (χ1n) is 20.1. The molecule has 8 rings (SSSR count). The van der Waals surface area contributed by atoms with Gasteiger partial charge in [-0.2, -0.15) is 0 Å². The number of benzene rings is 4. The van der Waals surface area contributed by atoms with Gasteiger partial charge in [-0.05, 0) is 94.8 Å². The van der Waals surface area contributed by atoms with E-state index >= 15 is 0 Å². The molecule has 58 heavy (non-hydrogen) atoms. The van der Waals surface area contributed by atoms with Crippen LogP contribution in [0.5, 0.6) is 5.75 Å². The fraction of sp³-hybridized carbons (Fsp3) is 0.333. The SMILES string of the molecule is Cc1oc2ccc(O)c(-c3nc4c(-c5[c-]c(-c6nccc7cc(CC(C)(C)C)sc67)cc(C(C)(C)C)c5)ccc(-c5c(C(C)C)cccc5C(C)C)c4o3)c2c1C.[Pt]. The van der Waals surface area contributed by atoms with Gasteiger partial charge in [0, 0.05) is 53.5 Å². The van der Waals surface area contributed by atoms with Crippen molar-refractivity contribution in [2.24, 2.45) is 5.41 Å². The van der Waals surface area contributed by atoms with Crippen LogP contribution >= 0.6 is 11.3 Å². The van der Waals surface area contributed by atoms with E-state index in [4.69, 9.17) is 18.8 Å². The molecule has 8 aromatic rings. The van der Waals surface area contributed by atoms with Gasteiger partial charge in [0.1, 0.15) is 17.1 Å². The fourth-order valence-electron chi connectivity index (χ4n) is 8.15. The maximum Gasteiger partial charge on any atom is 0.231 e. The Kier molecular flexibility index (Phi) is 11.0. The molecule has 7 heteroatoms. The topological polar surface area (TPSA) is 72.3 Å². The van der Waals surface area contributed by atoms with Crippen LogP contribution in [-0.2, 0) is 32.9 Å². The number of aromatic hydroxyl groups is 1. The molecule has 0 atom stereocenters. The summed E-state index contributed by atoms with van der Waals surface area (Å²) >= 11 is 1.83. The maximum absolute atomic E-state index is 11.5. The quantitative estimate of drug-likeness (QED) is 0.161. The van der Waals surface area contributed by atoms with E-state index in [1.165, 1.54) is 37.2 Å². The van der Waals surface area contributed by atoms with E-state index in [1.54, 1.807) is 6.07 Å². The molecule has 5 nitrogen and oxygen atoms in total. The van der Waals surface area contributed by atoms with Gasteiger partial charge in [-0.1, -0.05) is 111 Å². The number of phenolic OH excluding ortho intramolecular Hbond substituents is 1. The zero-order valence-corrected chi connectivity index (χ0v) is 38.8. The number of hydrogen-bond acceptors (Lipinski definition) is 6. The van der Waals surface area contributed by atoms with E-state index in [9.17, 15) is 5.11 Å². The summed E-state index contributed by atoms with van der Waals surface area (Å²) in [5.74, 6) is 1.79. The Morgan fingerprint density at radius 3 is 2.12 bits per heavy atom. The van der Waals surface area contributed by atoms with Crippen molar-refractivity contribution >= 4 is 43.5 Å². The number of pyridine rings is 1. The standard InChI is InChI=1S/C51H53N2O3S.Pt/c1-27(2)36-14-13-15-37(28(3)4)43(36)39-17-16-38(46-47(39)56-49(53-46)44-40(54)18-19-41-42(44)29(5)30(6)55-41)32-22-33(24-34(23-32)51(10,11)12)45-48-31(20-21-52-45)25-35(57-48)26-50(7,8)9;/h13-21,23-25,27-28,54H,26H2,1-12H3;/q-1;. The number of aryl methyl sites for hydroxylation is 2. The minimum Gasteiger partial charge on any atom is -0.507 e. The van der Waals surface area contributed by atoms with Gasteiger partial charge in [-0.15, -0.1) is 40.7 Å². The van der Waals surface area contributed by atoms with Crippen molar-refractivity contribution < 1.29 is 35.0 Å². The predicted molar refractivity (Wildman–Crippen MR) is 239 cm³/mol. The molecule has 4 heterocycles. The summed E-state index contributed by atoms with van der Waals surface area (Å²) in [6, 6.07) is 27.3. The van der Waals surface area contributed by atoms with Crippen LogP contribution in [0.15, 0.2) is 81.8 Å². The molecule has 0 aliphatic rings. The van der Waals surface area contributed by atoms with Crippen LogP contribution in [0, 0.1) is 25.3 Å². The van der Waals surface area contributed by atoms with Crippen LogP contribution < -0.4 is 0 Å². The second-order valence-electron chi connectivity index (χ2n) is 18.6. The van der Waals surface area contributed by atoms with Gasteiger partial charge in [0.25, 0.3) is 0 Å². The number of aromatic nitrogens is 2. The smallest absolute Gasteiger partial charge is 0.231 e. The predicted octanol–water partition coefficient (Wildman–Crippen LogP) is 15.1. The van der Waals surface area contributed by atoms with E-state index in [1.807, 2.05) is 37.4 Å². The normalized spacial score (nSPS) is 12.4. The molecule has 0 fully saturated rings. The van der Waals surface area contributed by atoms with E-state index in [0.29, 0.717) is 28.1 Å². The molecular weight excluding hydrogens is 916 g/mol. The Morgan fingerprint density at radius 2 is 1.47 bits per heavy atom. The number of oxazole rings is 1. The van der Waals surface area contributed by atoms with Crippen molar-refractivity contribution in [3.8, 4) is 50.7 Å². The molecule has 0 radical (unpaired) electrons. The molecule has 4 aromatic heterocycles. The van der Waals surface area contributed by atoms with E-state index in [-0.39, 0.29) is 49.5 Å². The van der Waals surface area contributed by atoms with Gasteiger partial charge < -0.3 is 13.9 Å². The molecule has 0 aliphatic heterocycles. The van der Waals surface area contributed by atoms with Gasteiger partial charge >= 0.3 is 0 Å². The molecule has 0 saturated carbocycles. The number of thiophene rings is 1. The van der Waals surface area contributed by atoms with Crippen LogP contribution in [-0.4, -0.2) is 15.1 Å². The minimum absolute atomic E-state index is 0. The molecule has 1 N–H and O–H groups in total. The average molecular weight is 969 g/mol. The zero-order valence-electron chi connectivity index (χ0n) is 35.7. The van der Waals surface area contributed by atoms with E-state index < -0.39 is 0 Å². The van der Waals surface area contributed by atoms with Crippen LogP contribution in [0.3, 0.4) is 0 Å². The Labute approximate surface area is 361 Å². The minimum atomic E-state index is -0.159. The molecule has 0 bridgehead atoms. The first kappa shape index (κ1) is 41.6. The fourth-order valence-corrected chi connectivity index (χ4v) is 9.61. The summed E-state index contributed by atoms with van der Waals surface area (Å²) in [7, 11) is 0. The Hall–Kier alpha value is -4.51. The Morgan fingerprint density at radius 1 is 0.793 bits per heavy atom. The summed E-state index contributed by atoms with van der Waals surface area (Å²) in [6.45, 7) is 26.5. The van der Waals surface area contributed by atoms with Crippen molar-refractivity contribution in [3.63, 3.8) is 0 Å². The van der Waals surface area contributed by atoms with Crippen molar-refractivity contribution in [1.82, 2.24) is 9.97 Å². The Balaban J connectivity index is 0.00000512. The zero-order chi connectivity index (χ0) is 40.7. The van der Waals surface area contributed by atoms with Crippen molar-refractivity contribution in [3.05, 3.63) is 112 Å². The van der Waals surface area contributed by atoms with Crippen molar-refractivity contribution in [1.29, 1.82) is 0 Å². The van der Waals surface area contributed by atoms with Gasteiger partial charge in [0.2, 0.25) is 5.89 Å². The third kappa shape index (κ3) is 7.48. The van der Waals surface area contributed by atoms with Gasteiger partial charge in [-0.3, -0.25) is 4.98 Å². The van der Waals surface area contributed by atoms with Crippen LogP contribution in [0.2, 0.25) is 0 Å². The summed E-state index contributed by atoms with van der Waals surface area (Å²) in [5, 5.41) is 13.5. The number of phenols is 1. The molecule has 0 amide bonds. The molecule has 0 aliphatic carbocycles. The summed E-state index contributed by atoms with van der Waals surface area (Å²) < 4.78 is 14.3.